The molecule has 130 valence electrons. The Morgan fingerprint density at radius 2 is 2.00 bits per heavy atom. The quantitative estimate of drug-likeness (QED) is 0.756. The van der Waals surface area contributed by atoms with Gasteiger partial charge in [-0.05, 0) is 30.3 Å². The second-order valence-corrected chi connectivity index (χ2v) is 5.81. The lowest BCUT2D eigenvalue weighted by Gasteiger charge is -2.09. The predicted molar refractivity (Wildman–Crippen MR) is 92.0 cm³/mol. The molecule has 0 aliphatic carbocycles. The number of anilines is 1. The number of aromatic nitrogens is 2. The minimum absolute atomic E-state index is 0.0669. The Bertz CT molecular complexity index is 986. The first-order valence-electron chi connectivity index (χ1n) is 7.45. The normalized spacial score (nSPS) is 10.4. The highest BCUT2D eigenvalue weighted by atomic mass is 35.5. The van der Waals surface area contributed by atoms with Crippen molar-refractivity contribution in [3.8, 4) is 11.8 Å². The van der Waals surface area contributed by atoms with Crippen molar-refractivity contribution in [2.45, 2.75) is 6.42 Å². The van der Waals surface area contributed by atoms with Crippen LogP contribution < -0.4 is 5.32 Å². The van der Waals surface area contributed by atoms with Crippen LogP contribution in [0.25, 0.3) is 5.69 Å². The number of hydrogen-bond donors (Lipinski definition) is 1. The SMILES string of the molecule is N#Cc1cnn(-c2ccc(NC(=O)Cc3c(F)cc(F)cc3Cl)cc2)c1. The number of nitriles is 1. The highest BCUT2D eigenvalue weighted by molar-refractivity contribution is 6.31. The van der Waals surface area contributed by atoms with Crippen LogP contribution in [0.1, 0.15) is 11.1 Å². The smallest absolute Gasteiger partial charge is 0.228 e. The molecule has 0 bridgehead atoms. The third-order valence-electron chi connectivity index (χ3n) is 3.57. The predicted octanol–water partition coefficient (Wildman–Crippen LogP) is 3.86. The van der Waals surface area contributed by atoms with Crippen molar-refractivity contribution < 1.29 is 13.6 Å². The Balaban J connectivity index is 1.69. The van der Waals surface area contributed by atoms with E-state index in [4.69, 9.17) is 16.9 Å². The summed E-state index contributed by atoms with van der Waals surface area (Å²) in [6, 6.07) is 10.3. The number of nitrogens with one attached hydrogen (secondary N) is 1. The third-order valence-corrected chi connectivity index (χ3v) is 3.91. The van der Waals surface area contributed by atoms with Crippen molar-refractivity contribution in [3.05, 3.63) is 76.6 Å². The molecule has 1 N–H and O–H groups in total. The molecule has 8 heteroatoms. The van der Waals surface area contributed by atoms with Crippen LogP contribution in [0.15, 0.2) is 48.8 Å². The Hall–Kier alpha value is -3.24. The summed E-state index contributed by atoms with van der Waals surface area (Å²) in [6.45, 7) is 0. The van der Waals surface area contributed by atoms with Crippen LogP contribution in [0.4, 0.5) is 14.5 Å². The molecule has 0 unspecified atom stereocenters. The van der Waals surface area contributed by atoms with E-state index in [2.05, 4.69) is 10.4 Å². The molecule has 0 radical (unpaired) electrons. The topological polar surface area (TPSA) is 70.7 Å². The molecule has 5 nitrogen and oxygen atoms in total. The fourth-order valence-electron chi connectivity index (χ4n) is 2.33. The van der Waals surface area contributed by atoms with E-state index in [-0.39, 0.29) is 17.0 Å². The summed E-state index contributed by atoms with van der Waals surface area (Å²) in [5, 5.41) is 15.3. The number of rotatable bonds is 4. The molecule has 0 saturated heterocycles. The number of carbonyl (C=O) groups is 1. The van der Waals surface area contributed by atoms with E-state index in [9.17, 15) is 13.6 Å². The molecular formula is C18H11ClF2N4O. The lowest BCUT2D eigenvalue weighted by molar-refractivity contribution is -0.115. The number of halogens is 3. The minimum atomic E-state index is -0.868. The maximum atomic E-state index is 13.7. The molecule has 3 aromatic rings. The van der Waals surface area contributed by atoms with Gasteiger partial charge in [-0.15, -0.1) is 0 Å². The zero-order chi connectivity index (χ0) is 18.7. The molecule has 3 rings (SSSR count). The van der Waals surface area contributed by atoms with E-state index < -0.39 is 17.5 Å². The number of carbonyl (C=O) groups excluding carboxylic acids is 1. The Morgan fingerprint density at radius 3 is 2.62 bits per heavy atom. The summed E-state index contributed by atoms with van der Waals surface area (Å²) < 4.78 is 28.3. The molecule has 26 heavy (non-hydrogen) atoms. The molecule has 0 saturated carbocycles. The first kappa shape index (κ1) is 17.6. The molecule has 0 fully saturated rings. The Morgan fingerprint density at radius 1 is 1.27 bits per heavy atom. The first-order valence-corrected chi connectivity index (χ1v) is 7.82. The van der Waals surface area contributed by atoms with Gasteiger partial charge in [0.2, 0.25) is 5.91 Å². The van der Waals surface area contributed by atoms with Crippen molar-refractivity contribution in [3.63, 3.8) is 0 Å². The first-order chi connectivity index (χ1) is 12.5. The average Bonchev–Trinajstić information content (AvgIpc) is 3.08. The van der Waals surface area contributed by atoms with Crippen molar-refractivity contribution in [2.24, 2.45) is 0 Å². The van der Waals surface area contributed by atoms with Gasteiger partial charge in [0.05, 0.1) is 28.9 Å². The zero-order valence-electron chi connectivity index (χ0n) is 13.2. The fourth-order valence-corrected chi connectivity index (χ4v) is 2.59. The van der Waals surface area contributed by atoms with Gasteiger partial charge in [0.15, 0.2) is 0 Å². The summed E-state index contributed by atoms with van der Waals surface area (Å²) >= 11 is 5.79. The van der Waals surface area contributed by atoms with Gasteiger partial charge in [-0.1, -0.05) is 11.6 Å². The van der Waals surface area contributed by atoms with Crippen molar-refractivity contribution in [1.29, 1.82) is 5.26 Å². The maximum Gasteiger partial charge on any atom is 0.228 e. The highest BCUT2D eigenvalue weighted by Gasteiger charge is 2.14. The van der Waals surface area contributed by atoms with Gasteiger partial charge in [0, 0.05) is 23.5 Å². The third kappa shape index (κ3) is 3.87. The zero-order valence-corrected chi connectivity index (χ0v) is 14.0. The second-order valence-electron chi connectivity index (χ2n) is 5.41. The van der Waals surface area contributed by atoms with Crippen LogP contribution in [-0.4, -0.2) is 15.7 Å². The van der Waals surface area contributed by atoms with Gasteiger partial charge < -0.3 is 5.32 Å². The lowest BCUT2D eigenvalue weighted by atomic mass is 10.1. The molecule has 0 aliphatic heterocycles. The number of benzene rings is 2. The van der Waals surface area contributed by atoms with E-state index in [1.807, 2.05) is 6.07 Å². The molecule has 0 aliphatic rings. The van der Waals surface area contributed by atoms with Crippen LogP contribution in [0.3, 0.4) is 0 Å². The van der Waals surface area contributed by atoms with Crippen LogP contribution in [0, 0.1) is 23.0 Å². The molecular weight excluding hydrogens is 362 g/mol. The van der Waals surface area contributed by atoms with E-state index >= 15 is 0 Å². The lowest BCUT2D eigenvalue weighted by Crippen LogP contribution is -2.15. The van der Waals surface area contributed by atoms with Gasteiger partial charge in [-0.2, -0.15) is 10.4 Å². The second kappa shape index (κ2) is 7.33. The monoisotopic (exact) mass is 372 g/mol. The summed E-state index contributed by atoms with van der Waals surface area (Å²) in [6.07, 6.45) is 2.70. The molecule has 2 aromatic carbocycles. The largest absolute Gasteiger partial charge is 0.326 e. The number of hydrogen-bond acceptors (Lipinski definition) is 3. The average molecular weight is 373 g/mol. The van der Waals surface area contributed by atoms with Crippen LogP contribution >= 0.6 is 11.6 Å². The Labute approximate surface area is 152 Å². The van der Waals surface area contributed by atoms with Gasteiger partial charge >= 0.3 is 0 Å². The van der Waals surface area contributed by atoms with Gasteiger partial charge in [0.1, 0.15) is 17.7 Å². The van der Waals surface area contributed by atoms with Gasteiger partial charge in [0.25, 0.3) is 0 Å². The van der Waals surface area contributed by atoms with Crippen LogP contribution in [0.2, 0.25) is 5.02 Å². The molecule has 1 aromatic heterocycles. The Kier molecular flexibility index (Phi) is 4.96. The van der Waals surface area contributed by atoms with Gasteiger partial charge in [-0.3, -0.25) is 4.79 Å². The minimum Gasteiger partial charge on any atom is -0.326 e. The number of nitrogens with zero attached hydrogens (tertiary/aromatic N) is 3. The summed E-state index contributed by atoms with van der Waals surface area (Å²) in [7, 11) is 0. The van der Waals surface area contributed by atoms with Crippen LogP contribution in [0.5, 0.6) is 0 Å². The van der Waals surface area contributed by atoms with E-state index in [0.717, 1.165) is 6.07 Å². The molecule has 1 heterocycles. The van der Waals surface area contributed by atoms with E-state index in [1.54, 1.807) is 30.5 Å². The molecule has 0 spiro atoms. The fraction of sp³-hybridized carbons (Fsp3) is 0.0556. The number of amides is 1. The summed E-state index contributed by atoms with van der Waals surface area (Å²) in [4.78, 5) is 12.1. The van der Waals surface area contributed by atoms with Crippen LogP contribution in [-0.2, 0) is 11.2 Å². The summed E-state index contributed by atoms with van der Waals surface area (Å²) in [5.41, 5.74) is 1.56. The van der Waals surface area contributed by atoms with E-state index in [0.29, 0.717) is 23.0 Å². The molecule has 1 amide bonds. The maximum absolute atomic E-state index is 13.7. The highest BCUT2D eigenvalue weighted by Crippen LogP contribution is 2.22. The van der Waals surface area contributed by atoms with E-state index in [1.165, 1.54) is 10.9 Å². The van der Waals surface area contributed by atoms with Crippen molar-refractivity contribution in [2.75, 3.05) is 5.32 Å². The summed E-state index contributed by atoms with van der Waals surface area (Å²) in [5.74, 6) is -2.16. The molecule has 0 atom stereocenters. The van der Waals surface area contributed by atoms with Crippen molar-refractivity contribution in [1.82, 2.24) is 9.78 Å². The standard InChI is InChI=1S/C18H11ClF2N4O/c19-16-5-12(20)6-17(21)15(16)7-18(26)24-13-1-3-14(4-2-13)25-10-11(8-22)9-23-25/h1-6,9-10H,7H2,(H,24,26). The van der Waals surface area contributed by atoms with Gasteiger partial charge in [-0.25, -0.2) is 13.5 Å². The van der Waals surface area contributed by atoms with Crippen molar-refractivity contribution >= 4 is 23.2 Å².